The van der Waals surface area contributed by atoms with Crippen LogP contribution in [0, 0.1) is 0 Å². The lowest BCUT2D eigenvalue weighted by Crippen LogP contribution is -2.43. The summed E-state index contributed by atoms with van der Waals surface area (Å²) in [4.78, 5) is 19.2. The van der Waals surface area contributed by atoms with Crippen molar-refractivity contribution in [2.24, 2.45) is 0 Å². The molecule has 1 aliphatic heterocycles. The van der Waals surface area contributed by atoms with Gasteiger partial charge in [-0.3, -0.25) is 4.79 Å². The Labute approximate surface area is 123 Å². The summed E-state index contributed by atoms with van der Waals surface area (Å²) in [6, 6.07) is 0.164. The van der Waals surface area contributed by atoms with Crippen molar-refractivity contribution in [1.82, 2.24) is 15.6 Å². The SMILES string of the molecule is CCCC(C)NC(=O)c1sc(N2CCNCC2)nc1N. The fourth-order valence-corrected chi connectivity index (χ4v) is 3.21. The first-order valence-corrected chi connectivity index (χ1v) is 7.96. The minimum absolute atomic E-state index is 0.109. The Morgan fingerprint density at radius 1 is 1.55 bits per heavy atom. The number of anilines is 2. The molecule has 112 valence electrons. The number of carbonyl (C=O) groups excluding carboxylic acids is 1. The summed E-state index contributed by atoms with van der Waals surface area (Å²) in [7, 11) is 0. The first kappa shape index (κ1) is 15.1. The largest absolute Gasteiger partial charge is 0.382 e. The number of nitrogens with two attached hydrogens (primary N) is 1. The van der Waals surface area contributed by atoms with Gasteiger partial charge in [0.15, 0.2) is 5.13 Å². The Morgan fingerprint density at radius 2 is 2.25 bits per heavy atom. The van der Waals surface area contributed by atoms with Crippen LogP contribution in [0.4, 0.5) is 10.9 Å². The first-order valence-electron chi connectivity index (χ1n) is 7.14. The van der Waals surface area contributed by atoms with Crippen LogP contribution in [0.5, 0.6) is 0 Å². The minimum Gasteiger partial charge on any atom is -0.382 e. The molecule has 0 aliphatic carbocycles. The molecule has 7 heteroatoms. The predicted molar refractivity (Wildman–Crippen MR) is 83.4 cm³/mol. The minimum atomic E-state index is -0.109. The molecule has 0 radical (unpaired) electrons. The molecule has 1 aromatic rings. The summed E-state index contributed by atoms with van der Waals surface area (Å²) in [5, 5.41) is 7.11. The zero-order valence-corrected chi connectivity index (χ0v) is 12.9. The van der Waals surface area contributed by atoms with Crippen LogP contribution in [0.15, 0.2) is 0 Å². The smallest absolute Gasteiger partial charge is 0.265 e. The zero-order chi connectivity index (χ0) is 14.5. The van der Waals surface area contributed by atoms with E-state index in [1.165, 1.54) is 11.3 Å². The lowest BCUT2D eigenvalue weighted by molar-refractivity contribution is 0.0943. The second-order valence-electron chi connectivity index (χ2n) is 5.11. The number of carbonyl (C=O) groups is 1. The number of hydrogen-bond acceptors (Lipinski definition) is 6. The van der Waals surface area contributed by atoms with Crippen molar-refractivity contribution in [2.45, 2.75) is 32.7 Å². The second kappa shape index (κ2) is 6.90. The molecule has 0 spiro atoms. The molecule has 1 saturated heterocycles. The number of nitrogens with one attached hydrogen (secondary N) is 2. The number of nitrogens with zero attached hydrogens (tertiary/aromatic N) is 2. The number of piperazine rings is 1. The van der Waals surface area contributed by atoms with Crippen LogP contribution in [0.25, 0.3) is 0 Å². The summed E-state index contributed by atoms with van der Waals surface area (Å²) in [6.45, 7) is 7.80. The molecule has 2 rings (SSSR count). The molecule has 0 bridgehead atoms. The van der Waals surface area contributed by atoms with Crippen LogP contribution >= 0.6 is 11.3 Å². The van der Waals surface area contributed by atoms with Crippen molar-refractivity contribution in [3.63, 3.8) is 0 Å². The summed E-state index contributed by atoms with van der Waals surface area (Å²) >= 11 is 1.38. The average molecular weight is 297 g/mol. The number of nitrogen functional groups attached to an aromatic ring is 1. The Balaban J connectivity index is 2.04. The van der Waals surface area contributed by atoms with Gasteiger partial charge >= 0.3 is 0 Å². The molecule has 1 atom stereocenters. The van der Waals surface area contributed by atoms with E-state index in [1.54, 1.807) is 0 Å². The maximum absolute atomic E-state index is 12.2. The molecule has 1 aliphatic rings. The lowest BCUT2D eigenvalue weighted by Gasteiger charge is -2.26. The standard InChI is InChI=1S/C13H23N5OS/c1-3-4-9(2)16-12(19)10-11(14)17-13(20-10)18-7-5-15-6-8-18/h9,15H,3-8,14H2,1-2H3,(H,16,19). The van der Waals surface area contributed by atoms with Crippen LogP contribution in [0.3, 0.4) is 0 Å². The van der Waals surface area contributed by atoms with E-state index in [0.717, 1.165) is 44.2 Å². The van der Waals surface area contributed by atoms with Crippen molar-refractivity contribution in [3.8, 4) is 0 Å². The van der Waals surface area contributed by atoms with Crippen molar-refractivity contribution < 1.29 is 4.79 Å². The third-order valence-corrected chi connectivity index (χ3v) is 4.47. The highest BCUT2D eigenvalue weighted by Crippen LogP contribution is 2.28. The van der Waals surface area contributed by atoms with E-state index < -0.39 is 0 Å². The molecule has 1 amide bonds. The monoisotopic (exact) mass is 297 g/mol. The van der Waals surface area contributed by atoms with Gasteiger partial charge in [0.2, 0.25) is 0 Å². The van der Waals surface area contributed by atoms with Crippen LogP contribution in [0.1, 0.15) is 36.4 Å². The fraction of sp³-hybridized carbons (Fsp3) is 0.692. The quantitative estimate of drug-likeness (QED) is 0.757. The van der Waals surface area contributed by atoms with Gasteiger partial charge in [0, 0.05) is 32.2 Å². The molecule has 1 fully saturated rings. The third kappa shape index (κ3) is 3.61. The van der Waals surface area contributed by atoms with E-state index in [0.29, 0.717) is 10.7 Å². The van der Waals surface area contributed by atoms with E-state index in [1.807, 2.05) is 6.92 Å². The molecule has 20 heavy (non-hydrogen) atoms. The summed E-state index contributed by atoms with van der Waals surface area (Å²) in [6.07, 6.45) is 2.01. The fourth-order valence-electron chi connectivity index (χ4n) is 2.27. The molecule has 6 nitrogen and oxygen atoms in total. The summed E-state index contributed by atoms with van der Waals surface area (Å²) < 4.78 is 0. The van der Waals surface area contributed by atoms with Crippen LogP contribution in [0.2, 0.25) is 0 Å². The topological polar surface area (TPSA) is 83.3 Å². The Hall–Kier alpha value is -1.34. The summed E-state index contributed by atoms with van der Waals surface area (Å²) in [5.74, 6) is 0.229. The van der Waals surface area contributed by atoms with Crippen LogP contribution in [-0.4, -0.2) is 43.1 Å². The van der Waals surface area contributed by atoms with Crippen molar-refractivity contribution in [3.05, 3.63) is 4.88 Å². The molecular weight excluding hydrogens is 274 g/mol. The zero-order valence-electron chi connectivity index (χ0n) is 12.1. The van der Waals surface area contributed by atoms with Crippen molar-refractivity contribution in [2.75, 3.05) is 36.8 Å². The maximum atomic E-state index is 12.2. The number of rotatable bonds is 5. The Morgan fingerprint density at radius 3 is 2.90 bits per heavy atom. The van der Waals surface area contributed by atoms with Gasteiger partial charge in [0.05, 0.1) is 0 Å². The predicted octanol–water partition coefficient (Wildman–Crippen LogP) is 1.05. The second-order valence-corrected chi connectivity index (χ2v) is 6.09. The van der Waals surface area contributed by atoms with Crippen molar-refractivity contribution in [1.29, 1.82) is 0 Å². The highest BCUT2D eigenvalue weighted by Gasteiger charge is 2.21. The lowest BCUT2D eigenvalue weighted by atomic mass is 10.2. The molecule has 4 N–H and O–H groups in total. The van der Waals surface area contributed by atoms with Gasteiger partial charge in [0.25, 0.3) is 5.91 Å². The number of aromatic nitrogens is 1. The van der Waals surface area contributed by atoms with Crippen LogP contribution < -0.4 is 21.3 Å². The van der Waals surface area contributed by atoms with Gasteiger partial charge < -0.3 is 21.3 Å². The van der Waals surface area contributed by atoms with Gasteiger partial charge in [-0.25, -0.2) is 4.98 Å². The van der Waals surface area contributed by atoms with E-state index in [4.69, 9.17) is 5.73 Å². The van der Waals surface area contributed by atoms with Gasteiger partial charge in [0.1, 0.15) is 10.7 Å². The Kier molecular flexibility index (Phi) is 5.19. The third-order valence-electron chi connectivity index (χ3n) is 3.34. The van der Waals surface area contributed by atoms with Crippen LogP contribution in [-0.2, 0) is 0 Å². The van der Waals surface area contributed by atoms with E-state index in [-0.39, 0.29) is 11.9 Å². The highest BCUT2D eigenvalue weighted by molar-refractivity contribution is 7.18. The summed E-state index contributed by atoms with van der Waals surface area (Å²) in [5.41, 5.74) is 5.89. The van der Waals surface area contributed by atoms with Crippen molar-refractivity contribution >= 4 is 28.2 Å². The molecule has 0 aromatic carbocycles. The van der Waals surface area contributed by atoms with Gasteiger partial charge in [-0.15, -0.1) is 0 Å². The molecule has 2 heterocycles. The molecule has 1 aromatic heterocycles. The Bertz CT molecular complexity index is 456. The molecule has 1 unspecified atom stereocenters. The van der Waals surface area contributed by atoms with Gasteiger partial charge in [-0.2, -0.15) is 0 Å². The average Bonchev–Trinajstić information content (AvgIpc) is 2.82. The maximum Gasteiger partial charge on any atom is 0.265 e. The molecular formula is C13H23N5OS. The van der Waals surface area contributed by atoms with E-state index >= 15 is 0 Å². The van der Waals surface area contributed by atoms with Gasteiger partial charge in [-0.1, -0.05) is 24.7 Å². The van der Waals surface area contributed by atoms with E-state index in [9.17, 15) is 4.79 Å². The number of hydrogen-bond donors (Lipinski definition) is 3. The highest BCUT2D eigenvalue weighted by atomic mass is 32.1. The first-order chi connectivity index (χ1) is 9.61. The number of thiazole rings is 1. The van der Waals surface area contributed by atoms with E-state index in [2.05, 4.69) is 27.4 Å². The normalized spacial score (nSPS) is 17.0. The molecule has 0 saturated carbocycles. The number of amides is 1. The van der Waals surface area contributed by atoms with Gasteiger partial charge in [-0.05, 0) is 13.3 Å².